The predicted molar refractivity (Wildman–Crippen MR) is 73.2 cm³/mol. The molecule has 1 aliphatic heterocycles. The van der Waals surface area contributed by atoms with Crippen molar-refractivity contribution in [2.24, 2.45) is 0 Å². The molecule has 0 bridgehead atoms. The molecule has 1 heterocycles. The number of amides is 1. The van der Waals surface area contributed by atoms with E-state index in [1.54, 1.807) is 11.9 Å². The Morgan fingerprint density at radius 3 is 2.89 bits per heavy atom. The summed E-state index contributed by atoms with van der Waals surface area (Å²) in [4.78, 5) is 14.1. The topological polar surface area (TPSA) is 56.1 Å². The van der Waals surface area contributed by atoms with Crippen LogP contribution in [0, 0.1) is 11.3 Å². The largest absolute Gasteiger partial charge is 0.341 e. The first-order valence-corrected chi connectivity index (χ1v) is 6.57. The van der Waals surface area contributed by atoms with Gasteiger partial charge in [0.15, 0.2) is 0 Å². The Morgan fingerprint density at radius 2 is 2.21 bits per heavy atom. The molecule has 4 nitrogen and oxygen atoms in total. The van der Waals surface area contributed by atoms with Crippen molar-refractivity contribution in [3.63, 3.8) is 0 Å². The molecular weight excluding hydrogens is 238 g/mol. The minimum atomic E-state index is -0.180. The summed E-state index contributed by atoms with van der Waals surface area (Å²) in [5, 5.41) is 12.0. The van der Waals surface area contributed by atoms with Crippen LogP contribution in [0.4, 0.5) is 0 Å². The third-order valence-electron chi connectivity index (χ3n) is 3.77. The van der Waals surface area contributed by atoms with Crippen molar-refractivity contribution in [3.05, 3.63) is 35.4 Å². The highest BCUT2D eigenvalue weighted by atomic mass is 16.2. The standard InChI is InChI=1S/C15H19N3O/c1-11(7-8-16)18(2)15(19)14-9-12-5-3-4-6-13(12)10-17-14/h3-6,11,14,17H,7,9-10H2,1-2H3/t11?,14-/m0/s1. The van der Waals surface area contributed by atoms with Gasteiger partial charge in [0.2, 0.25) is 5.91 Å². The maximum Gasteiger partial charge on any atom is 0.240 e. The zero-order valence-corrected chi connectivity index (χ0v) is 11.4. The Balaban J connectivity index is 2.05. The molecule has 1 aromatic carbocycles. The highest BCUT2D eigenvalue weighted by Crippen LogP contribution is 2.17. The lowest BCUT2D eigenvalue weighted by Gasteiger charge is -2.31. The zero-order chi connectivity index (χ0) is 13.8. The molecule has 0 spiro atoms. The van der Waals surface area contributed by atoms with E-state index in [1.165, 1.54) is 11.1 Å². The second-order valence-corrected chi connectivity index (χ2v) is 5.07. The van der Waals surface area contributed by atoms with Crippen molar-refractivity contribution >= 4 is 5.91 Å². The summed E-state index contributed by atoms with van der Waals surface area (Å²) < 4.78 is 0. The van der Waals surface area contributed by atoms with E-state index in [0.717, 1.165) is 13.0 Å². The summed E-state index contributed by atoms with van der Waals surface area (Å²) in [6.45, 7) is 2.63. The first kappa shape index (κ1) is 13.6. The van der Waals surface area contributed by atoms with E-state index in [0.29, 0.717) is 6.42 Å². The van der Waals surface area contributed by atoms with Crippen LogP contribution in [0.15, 0.2) is 24.3 Å². The van der Waals surface area contributed by atoms with Crippen LogP contribution < -0.4 is 5.32 Å². The van der Waals surface area contributed by atoms with Crippen molar-refractivity contribution in [1.29, 1.82) is 5.26 Å². The van der Waals surface area contributed by atoms with Crippen molar-refractivity contribution in [3.8, 4) is 6.07 Å². The lowest BCUT2D eigenvalue weighted by molar-refractivity contribution is -0.134. The van der Waals surface area contributed by atoms with Gasteiger partial charge in [0.05, 0.1) is 18.5 Å². The summed E-state index contributed by atoms with van der Waals surface area (Å²) in [6, 6.07) is 10.1. The zero-order valence-electron chi connectivity index (χ0n) is 11.4. The van der Waals surface area contributed by atoms with E-state index in [4.69, 9.17) is 5.26 Å². The molecule has 1 amide bonds. The molecule has 0 fully saturated rings. The molecule has 0 saturated heterocycles. The van der Waals surface area contributed by atoms with Crippen LogP contribution in [0.1, 0.15) is 24.5 Å². The smallest absolute Gasteiger partial charge is 0.240 e. The van der Waals surface area contributed by atoms with Crippen molar-refractivity contribution in [1.82, 2.24) is 10.2 Å². The highest BCUT2D eigenvalue weighted by molar-refractivity contribution is 5.82. The molecule has 1 N–H and O–H groups in total. The van der Waals surface area contributed by atoms with Crippen LogP contribution >= 0.6 is 0 Å². The van der Waals surface area contributed by atoms with Crippen LogP contribution in [-0.2, 0) is 17.8 Å². The summed E-state index contributed by atoms with van der Waals surface area (Å²) in [7, 11) is 1.77. The number of carbonyl (C=O) groups is 1. The minimum Gasteiger partial charge on any atom is -0.341 e. The van der Waals surface area contributed by atoms with Crippen LogP contribution in [-0.4, -0.2) is 29.9 Å². The van der Waals surface area contributed by atoms with E-state index < -0.39 is 0 Å². The number of rotatable bonds is 3. The maximum atomic E-state index is 12.4. The van der Waals surface area contributed by atoms with Gasteiger partial charge in [0.1, 0.15) is 0 Å². The first-order valence-electron chi connectivity index (χ1n) is 6.57. The number of nitrogens with one attached hydrogen (secondary N) is 1. The van der Waals surface area contributed by atoms with E-state index in [2.05, 4.69) is 23.5 Å². The normalized spacial score (nSPS) is 19.1. The maximum absolute atomic E-state index is 12.4. The predicted octanol–water partition coefficient (Wildman–Crippen LogP) is 1.46. The minimum absolute atomic E-state index is 0.0449. The quantitative estimate of drug-likeness (QED) is 0.892. The molecule has 1 aromatic rings. The lowest BCUT2D eigenvalue weighted by atomic mass is 9.95. The molecule has 2 atom stereocenters. The van der Waals surface area contributed by atoms with Crippen LogP contribution in [0.25, 0.3) is 0 Å². The molecule has 0 radical (unpaired) electrons. The number of nitriles is 1. The Labute approximate surface area is 114 Å². The van der Waals surface area contributed by atoms with E-state index >= 15 is 0 Å². The van der Waals surface area contributed by atoms with Crippen LogP contribution in [0.3, 0.4) is 0 Å². The fourth-order valence-corrected chi connectivity index (χ4v) is 2.36. The lowest BCUT2D eigenvalue weighted by Crippen LogP contribution is -2.50. The SMILES string of the molecule is CC(CC#N)N(C)C(=O)[C@@H]1Cc2ccccc2CN1. The van der Waals surface area contributed by atoms with Crippen molar-refractivity contribution in [2.75, 3.05) is 7.05 Å². The Morgan fingerprint density at radius 1 is 1.53 bits per heavy atom. The summed E-state index contributed by atoms with van der Waals surface area (Å²) in [5.74, 6) is 0.0669. The molecule has 1 aliphatic rings. The molecule has 4 heteroatoms. The van der Waals surface area contributed by atoms with E-state index in [9.17, 15) is 4.79 Å². The second-order valence-electron chi connectivity index (χ2n) is 5.07. The van der Waals surface area contributed by atoms with Gasteiger partial charge in [-0.3, -0.25) is 4.79 Å². The fourth-order valence-electron chi connectivity index (χ4n) is 2.36. The summed E-state index contributed by atoms with van der Waals surface area (Å²) >= 11 is 0. The van der Waals surface area contributed by atoms with Crippen molar-refractivity contribution < 1.29 is 4.79 Å². The summed E-state index contributed by atoms with van der Waals surface area (Å²) in [6.07, 6.45) is 1.09. The third-order valence-corrected chi connectivity index (χ3v) is 3.77. The Hall–Kier alpha value is -1.86. The second kappa shape index (κ2) is 5.85. The van der Waals surface area contributed by atoms with E-state index in [-0.39, 0.29) is 18.0 Å². The van der Waals surface area contributed by atoms with Crippen LogP contribution in [0.2, 0.25) is 0 Å². The molecular formula is C15H19N3O. The number of benzene rings is 1. The number of hydrogen-bond acceptors (Lipinski definition) is 3. The van der Waals surface area contributed by atoms with Crippen LogP contribution in [0.5, 0.6) is 0 Å². The van der Waals surface area contributed by atoms with Gasteiger partial charge >= 0.3 is 0 Å². The van der Waals surface area contributed by atoms with Gasteiger partial charge in [-0.1, -0.05) is 24.3 Å². The molecule has 1 unspecified atom stereocenters. The average Bonchev–Trinajstić information content (AvgIpc) is 2.45. The molecule has 0 saturated carbocycles. The van der Waals surface area contributed by atoms with Gasteiger partial charge in [-0.15, -0.1) is 0 Å². The van der Waals surface area contributed by atoms with Gasteiger partial charge in [0, 0.05) is 19.6 Å². The molecule has 0 aliphatic carbocycles. The number of carbonyl (C=O) groups excluding carboxylic acids is 1. The molecule has 100 valence electrons. The van der Waals surface area contributed by atoms with Gasteiger partial charge < -0.3 is 10.2 Å². The van der Waals surface area contributed by atoms with E-state index in [1.807, 2.05) is 19.1 Å². The number of nitrogens with zero attached hydrogens (tertiary/aromatic N) is 2. The highest BCUT2D eigenvalue weighted by Gasteiger charge is 2.28. The first-order chi connectivity index (χ1) is 9.13. The average molecular weight is 257 g/mol. The third kappa shape index (κ3) is 2.94. The van der Waals surface area contributed by atoms with Crippen molar-refractivity contribution in [2.45, 2.75) is 38.4 Å². The Bertz CT molecular complexity index is 506. The molecule has 0 aromatic heterocycles. The molecule has 19 heavy (non-hydrogen) atoms. The number of likely N-dealkylation sites (N-methyl/N-ethyl adjacent to an activating group) is 1. The van der Waals surface area contributed by atoms with Gasteiger partial charge in [0.25, 0.3) is 0 Å². The number of hydrogen-bond donors (Lipinski definition) is 1. The van der Waals surface area contributed by atoms with Gasteiger partial charge in [-0.05, 0) is 24.5 Å². The molecule has 2 rings (SSSR count). The monoisotopic (exact) mass is 257 g/mol. The van der Waals surface area contributed by atoms with Gasteiger partial charge in [-0.25, -0.2) is 0 Å². The van der Waals surface area contributed by atoms with Gasteiger partial charge in [-0.2, -0.15) is 5.26 Å². The fraction of sp³-hybridized carbons (Fsp3) is 0.467. The Kier molecular flexibility index (Phi) is 4.18. The summed E-state index contributed by atoms with van der Waals surface area (Å²) in [5.41, 5.74) is 2.50. The number of fused-ring (bicyclic) bond motifs is 1.